The zero-order chi connectivity index (χ0) is 17.4. The highest BCUT2D eigenvalue weighted by Gasteiger charge is 2.27. The van der Waals surface area contributed by atoms with Crippen LogP contribution in [0.5, 0.6) is 0 Å². The second-order valence-corrected chi connectivity index (χ2v) is 8.23. The largest absolute Gasteiger partial charge is 0.355 e. The molecule has 1 fully saturated rings. The molecule has 142 valence electrons. The normalized spacial score (nSPS) is 18.4. The molecule has 0 bridgehead atoms. The molecule has 0 amide bonds. The van der Waals surface area contributed by atoms with Crippen molar-refractivity contribution in [3.8, 4) is 0 Å². The van der Waals surface area contributed by atoms with Gasteiger partial charge in [-0.25, -0.2) is 12.7 Å². The third-order valence-corrected chi connectivity index (χ3v) is 6.13. The van der Waals surface area contributed by atoms with Crippen LogP contribution in [0.25, 0.3) is 0 Å². The highest BCUT2D eigenvalue weighted by atomic mass is 127. The van der Waals surface area contributed by atoms with Gasteiger partial charge in [0.15, 0.2) is 5.96 Å². The summed E-state index contributed by atoms with van der Waals surface area (Å²) in [7, 11) is -1.29. The Labute approximate surface area is 168 Å². The Bertz CT molecular complexity index is 637. The average molecular weight is 480 g/mol. The van der Waals surface area contributed by atoms with Crippen LogP contribution >= 0.6 is 24.0 Å². The van der Waals surface area contributed by atoms with Crippen LogP contribution in [0.3, 0.4) is 0 Å². The molecule has 0 radical (unpaired) electrons. The Hall–Kier alpha value is -0.870. The SMILES string of the molecule is CN=C(NCCN1CCCS1(=O)=O)NC(C)CCc1ccccc1.I. The summed E-state index contributed by atoms with van der Waals surface area (Å²) in [5.74, 6) is 0.989. The molecule has 25 heavy (non-hydrogen) atoms. The van der Waals surface area contributed by atoms with Crippen molar-refractivity contribution in [2.45, 2.75) is 32.2 Å². The first-order chi connectivity index (χ1) is 11.5. The predicted octanol–water partition coefficient (Wildman–Crippen LogP) is 1.83. The number of rotatable bonds is 7. The lowest BCUT2D eigenvalue weighted by molar-refractivity contribution is 0.444. The predicted molar refractivity (Wildman–Crippen MR) is 114 cm³/mol. The lowest BCUT2D eigenvalue weighted by Crippen LogP contribution is -2.45. The van der Waals surface area contributed by atoms with E-state index in [9.17, 15) is 8.42 Å². The Morgan fingerprint density at radius 3 is 2.64 bits per heavy atom. The zero-order valence-corrected chi connectivity index (χ0v) is 18.1. The van der Waals surface area contributed by atoms with E-state index in [2.05, 4.69) is 46.8 Å². The van der Waals surface area contributed by atoms with Crippen LogP contribution in [0, 0.1) is 0 Å². The van der Waals surface area contributed by atoms with Crippen LogP contribution in [-0.4, -0.2) is 57.2 Å². The summed E-state index contributed by atoms with van der Waals surface area (Å²) in [6.45, 7) is 3.80. The number of hydrogen-bond acceptors (Lipinski definition) is 3. The van der Waals surface area contributed by atoms with Crippen molar-refractivity contribution in [3.05, 3.63) is 35.9 Å². The monoisotopic (exact) mass is 480 g/mol. The standard InChI is InChI=1S/C17H28N4O2S.HI/c1-15(9-10-16-7-4-3-5-8-16)20-17(18-2)19-11-13-21-12-6-14-24(21,22)23;/h3-5,7-8,15H,6,9-14H2,1-2H3,(H2,18,19,20);1H. The molecule has 6 nitrogen and oxygen atoms in total. The number of sulfonamides is 1. The van der Waals surface area contributed by atoms with Crippen LogP contribution in [0.1, 0.15) is 25.3 Å². The maximum atomic E-state index is 11.8. The molecule has 1 heterocycles. The molecule has 1 atom stereocenters. The summed E-state index contributed by atoms with van der Waals surface area (Å²) in [4.78, 5) is 4.21. The van der Waals surface area contributed by atoms with Crippen LogP contribution < -0.4 is 10.6 Å². The maximum absolute atomic E-state index is 11.8. The molecular weight excluding hydrogens is 451 g/mol. The van der Waals surface area contributed by atoms with E-state index < -0.39 is 10.0 Å². The minimum absolute atomic E-state index is 0. The summed E-state index contributed by atoms with van der Waals surface area (Å²) in [6, 6.07) is 10.7. The number of guanidine groups is 1. The van der Waals surface area contributed by atoms with Crippen molar-refractivity contribution < 1.29 is 8.42 Å². The second kappa shape index (κ2) is 11.0. The summed E-state index contributed by atoms with van der Waals surface area (Å²) >= 11 is 0. The summed E-state index contributed by atoms with van der Waals surface area (Å²) in [5.41, 5.74) is 1.33. The van der Waals surface area contributed by atoms with Crippen molar-refractivity contribution in [1.82, 2.24) is 14.9 Å². The highest BCUT2D eigenvalue weighted by Crippen LogP contribution is 2.11. The van der Waals surface area contributed by atoms with E-state index in [1.54, 1.807) is 11.4 Å². The molecule has 1 aliphatic heterocycles. The topological polar surface area (TPSA) is 73.8 Å². The van der Waals surface area contributed by atoms with Gasteiger partial charge in [-0.2, -0.15) is 0 Å². The summed E-state index contributed by atoms with van der Waals surface area (Å²) in [6.07, 6.45) is 2.75. The smallest absolute Gasteiger partial charge is 0.214 e. The lowest BCUT2D eigenvalue weighted by atomic mass is 10.1. The molecule has 1 aromatic carbocycles. The van der Waals surface area contributed by atoms with E-state index in [0.29, 0.717) is 25.6 Å². The second-order valence-electron chi connectivity index (χ2n) is 6.14. The van der Waals surface area contributed by atoms with Crippen molar-refractivity contribution >= 4 is 40.0 Å². The molecular formula is C17H29IN4O2S. The number of benzene rings is 1. The van der Waals surface area contributed by atoms with E-state index in [-0.39, 0.29) is 35.8 Å². The van der Waals surface area contributed by atoms with Gasteiger partial charge in [-0.1, -0.05) is 30.3 Å². The van der Waals surface area contributed by atoms with Gasteiger partial charge < -0.3 is 10.6 Å². The Morgan fingerprint density at radius 2 is 2.04 bits per heavy atom. The third kappa shape index (κ3) is 7.49. The molecule has 0 spiro atoms. The Balaban J connectivity index is 0.00000312. The average Bonchev–Trinajstić information content (AvgIpc) is 2.91. The summed E-state index contributed by atoms with van der Waals surface area (Å²) in [5, 5.41) is 6.55. The van der Waals surface area contributed by atoms with Gasteiger partial charge in [-0.3, -0.25) is 4.99 Å². The fourth-order valence-electron chi connectivity index (χ4n) is 2.77. The van der Waals surface area contributed by atoms with Gasteiger partial charge in [0.25, 0.3) is 0 Å². The Kier molecular flexibility index (Phi) is 9.73. The minimum atomic E-state index is -3.02. The fraction of sp³-hybridized carbons (Fsp3) is 0.588. The van der Waals surface area contributed by atoms with E-state index in [0.717, 1.165) is 19.3 Å². The molecule has 1 aliphatic rings. The molecule has 0 aliphatic carbocycles. The van der Waals surface area contributed by atoms with Gasteiger partial charge in [-0.15, -0.1) is 24.0 Å². The van der Waals surface area contributed by atoms with Crippen molar-refractivity contribution in [3.63, 3.8) is 0 Å². The molecule has 1 aromatic rings. The first-order valence-electron chi connectivity index (χ1n) is 8.50. The van der Waals surface area contributed by atoms with Crippen LogP contribution in [0.4, 0.5) is 0 Å². The highest BCUT2D eigenvalue weighted by molar-refractivity contribution is 14.0. The Morgan fingerprint density at radius 1 is 1.32 bits per heavy atom. The third-order valence-electron chi connectivity index (χ3n) is 4.17. The van der Waals surface area contributed by atoms with E-state index >= 15 is 0 Å². The van der Waals surface area contributed by atoms with Gasteiger partial charge in [0.1, 0.15) is 0 Å². The van der Waals surface area contributed by atoms with Crippen LogP contribution in [0.2, 0.25) is 0 Å². The molecule has 2 rings (SSSR count). The fourth-order valence-corrected chi connectivity index (χ4v) is 4.30. The van der Waals surface area contributed by atoms with E-state index in [1.165, 1.54) is 5.56 Å². The van der Waals surface area contributed by atoms with Gasteiger partial charge in [0, 0.05) is 32.7 Å². The number of halogens is 1. The van der Waals surface area contributed by atoms with Gasteiger partial charge >= 0.3 is 0 Å². The molecule has 1 saturated heterocycles. The van der Waals surface area contributed by atoms with Gasteiger partial charge in [0.2, 0.25) is 10.0 Å². The number of nitrogens with zero attached hydrogens (tertiary/aromatic N) is 2. The first-order valence-corrected chi connectivity index (χ1v) is 10.1. The van der Waals surface area contributed by atoms with Gasteiger partial charge in [-0.05, 0) is 31.7 Å². The lowest BCUT2D eigenvalue weighted by Gasteiger charge is -2.19. The molecule has 0 aromatic heterocycles. The zero-order valence-electron chi connectivity index (χ0n) is 14.9. The van der Waals surface area contributed by atoms with Crippen LogP contribution in [-0.2, 0) is 16.4 Å². The van der Waals surface area contributed by atoms with E-state index in [1.807, 2.05) is 6.07 Å². The number of aliphatic imine (C=N–C) groups is 1. The summed E-state index contributed by atoms with van der Waals surface area (Å²) < 4.78 is 25.1. The van der Waals surface area contributed by atoms with E-state index in [4.69, 9.17) is 0 Å². The number of nitrogens with one attached hydrogen (secondary N) is 2. The van der Waals surface area contributed by atoms with Crippen molar-refractivity contribution in [2.24, 2.45) is 4.99 Å². The van der Waals surface area contributed by atoms with Crippen molar-refractivity contribution in [2.75, 3.05) is 32.4 Å². The maximum Gasteiger partial charge on any atom is 0.214 e. The molecule has 0 saturated carbocycles. The molecule has 8 heteroatoms. The molecule has 1 unspecified atom stereocenters. The van der Waals surface area contributed by atoms with Gasteiger partial charge in [0.05, 0.1) is 5.75 Å². The minimum Gasteiger partial charge on any atom is -0.355 e. The number of hydrogen-bond donors (Lipinski definition) is 2. The van der Waals surface area contributed by atoms with Crippen LogP contribution in [0.15, 0.2) is 35.3 Å². The molecule has 2 N–H and O–H groups in total. The quantitative estimate of drug-likeness (QED) is 0.355. The van der Waals surface area contributed by atoms with Crippen molar-refractivity contribution in [1.29, 1.82) is 0 Å². The first kappa shape index (κ1) is 22.2. The number of aryl methyl sites for hydroxylation is 1.